The van der Waals surface area contributed by atoms with E-state index < -0.39 is 0 Å². The molecule has 2 rings (SSSR count). The van der Waals surface area contributed by atoms with Crippen molar-refractivity contribution in [2.45, 2.75) is 40.2 Å². The zero-order valence-electron chi connectivity index (χ0n) is 12.7. The van der Waals surface area contributed by atoms with Crippen LogP contribution in [0.2, 0.25) is 0 Å². The molecule has 0 saturated carbocycles. The summed E-state index contributed by atoms with van der Waals surface area (Å²) in [4.78, 5) is 17.3. The highest BCUT2D eigenvalue weighted by Gasteiger charge is 2.10. The average Bonchev–Trinajstić information content (AvgIpc) is 2.91. The van der Waals surface area contributed by atoms with Crippen molar-refractivity contribution in [1.29, 1.82) is 0 Å². The smallest absolute Gasteiger partial charge is 0.319 e. The van der Waals surface area contributed by atoms with Crippen LogP contribution in [0.15, 0.2) is 24.4 Å². The summed E-state index contributed by atoms with van der Waals surface area (Å²) < 4.78 is 0. The van der Waals surface area contributed by atoms with Crippen molar-refractivity contribution < 1.29 is 4.79 Å². The molecule has 0 aliphatic rings. The number of carbonyl (C=O) groups excluding carboxylic acids is 1. The van der Waals surface area contributed by atoms with Crippen molar-refractivity contribution in [3.63, 3.8) is 0 Å². The summed E-state index contributed by atoms with van der Waals surface area (Å²) in [6, 6.07) is 5.99. The molecule has 0 fully saturated rings. The van der Waals surface area contributed by atoms with E-state index in [1.54, 1.807) is 17.5 Å². The number of carbonyl (C=O) groups is 1. The van der Waals surface area contributed by atoms with Crippen molar-refractivity contribution in [2.75, 3.05) is 5.32 Å². The Morgan fingerprint density at radius 3 is 2.43 bits per heavy atom. The van der Waals surface area contributed by atoms with Crippen LogP contribution in [0.5, 0.6) is 0 Å². The van der Waals surface area contributed by atoms with Gasteiger partial charge in [-0.1, -0.05) is 32.0 Å². The first kappa shape index (κ1) is 15.5. The molecule has 0 aliphatic carbocycles. The lowest BCUT2D eigenvalue weighted by Crippen LogP contribution is -2.28. The third-order valence-corrected chi connectivity index (χ3v) is 4.24. The number of para-hydroxylation sites is 1. The molecule has 1 aromatic heterocycles. The minimum atomic E-state index is -0.170. The van der Waals surface area contributed by atoms with E-state index in [-0.39, 0.29) is 6.03 Å². The van der Waals surface area contributed by atoms with Gasteiger partial charge in [-0.05, 0) is 30.9 Å². The molecule has 112 valence electrons. The maximum Gasteiger partial charge on any atom is 0.319 e. The minimum absolute atomic E-state index is 0.170. The van der Waals surface area contributed by atoms with Gasteiger partial charge in [0.15, 0.2) is 0 Å². The standard InChI is InChI=1S/C16H21N3OS/c1-4-12-7-6-8-13(5-2)15(12)19-16(20)18-10-14-9-17-11(3)21-14/h6-9H,4-5,10H2,1-3H3,(H2,18,19,20). The number of anilines is 1. The topological polar surface area (TPSA) is 54.0 Å². The average molecular weight is 303 g/mol. The Morgan fingerprint density at radius 1 is 1.24 bits per heavy atom. The van der Waals surface area contributed by atoms with E-state index in [9.17, 15) is 4.79 Å². The molecule has 0 radical (unpaired) electrons. The predicted octanol–water partition coefficient (Wildman–Crippen LogP) is 3.90. The fraction of sp³-hybridized carbons (Fsp3) is 0.375. The maximum atomic E-state index is 12.1. The maximum absolute atomic E-state index is 12.1. The van der Waals surface area contributed by atoms with Crippen LogP contribution in [0.1, 0.15) is 34.9 Å². The number of rotatable bonds is 5. The fourth-order valence-electron chi connectivity index (χ4n) is 2.22. The summed E-state index contributed by atoms with van der Waals surface area (Å²) in [5, 5.41) is 6.89. The van der Waals surface area contributed by atoms with E-state index in [1.165, 1.54) is 0 Å². The molecule has 4 nitrogen and oxygen atoms in total. The molecule has 1 heterocycles. The second-order valence-electron chi connectivity index (χ2n) is 4.81. The minimum Gasteiger partial charge on any atom is -0.333 e. The van der Waals surface area contributed by atoms with Gasteiger partial charge in [0, 0.05) is 16.8 Å². The molecule has 0 unspecified atom stereocenters. The Hall–Kier alpha value is -1.88. The molecule has 0 aliphatic heterocycles. The molecule has 5 heteroatoms. The summed E-state index contributed by atoms with van der Waals surface area (Å²) in [5.74, 6) is 0. The van der Waals surface area contributed by atoms with Crippen LogP contribution in [-0.4, -0.2) is 11.0 Å². The molecule has 1 aromatic carbocycles. The summed E-state index contributed by atoms with van der Waals surface area (Å²) in [7, 11) is 0. The van der Waals surface area contributed by atoms with Crippen molar-refractivity contribution in [3.05, 3.63) is 45.4 Å². The van der Waals surface area contributed by atoms with Crippen LogP contribution >= 0.6 is 11.3 Å². The van der Waals surface area contributed by atoms with Crippen LogP contribution in [0.3, 0.4) is 0 Å². The summed E-state index contributed by atoms with van der Waals surface area (Å²) in [5.41, 5.74) is 3.27. The molecule has 0 bridgehead atoms. The van der Waals surface area contributed by atoms with Gasteiger partial charge in [0.1, 0.15) is 0 Å². The van der Waals surface area contributed by atoms with Gasteiger partial charge in [0.2, 0.25) is 0 Å². The highest BCUT2D eigenvalue weighted by molar-refractivity contribution is 7.11. The van der Waals surface area contributed by atoms with Gasteiger partial charge in [0.25, 0.3) is 0 Å². The lowest BCUT2D eigenvalue weighted by Gasteiger charge is -2.14. The normalized spacial score (nSPS) is 10.4. The van der Waals surface area contributed by atoms with E-state index >= 15 is 0 Å². The zero-order chi connectivity index (χ0) is 15.2. The summed E-state index contributed by atoms with van der Waals surface area (Å²) in [6.45, 7) is 6.66. The molecule has 0 atom stereocenters. The van der Waals surface area contributed by atoms with Crippen molar-refractivity contribution in [1.82, 2.24) is 10.3 Å². The Kier molecular flexibility index (Phi) is 5.33. The van der Waals surface area contributed by atoms with E-state index in [1.807, 2.05) is 13.0 Å². The number of aryl methyl sites for hydroxylation is 3. The number of benzene rings is 1. The number of hydrogen-bond donors (Lipinski definition) is 2. The van der Waals surface area contributed by atoms with E-state index in [0.29, 0.717) is 6.54 Å². The molecule has 2 amide bonds. The predicted molar refractivity (Wildman–Crippen MR) is 87.9 cm³/mol. The highest BCUT2D eigenvalue weighted by Crippen LogP contribution is 2.22. The first-order chi connectivity index (χ1) is 10.1. The Morgan fingerprint density at radius 2 is 1.90 bits per heavy atom. The summed E-state index contributed by atoms with van der Waals surface area (Å²) >= 11 is 1.60. The van der Waals surface area contributed by atoms with E-state index in [0.717, 1.165) is 39.5 Å². The Bertz CT molecular complexity index is 599. The SMILES string of the molecule is CCc1cccc(CC)c1NC(=O)NCc1cnc(C)s1. The first-order valence-corrected chi connectivity index (χ1v) is 8.02. The van der Waals surface area contributed by atoms with E-state index in [2.05, 4.69) is 41.6 Å². The van der Waals surface area contributed by atoms with Gasteiger partial charge < -0.3 is 10.6 Å². The van der Waals surface area contributed by atoms with Gasteiger partial charge in [-0.15, -0.1) is 11.3 Å². The second-order valence-corrected chi connectivity index (χ2v) is 6.13. The van der Waals surface area contributed by atoms with Gasteiger partial charge in [-0.3, -0.25) is 0 Å². The van der Waals surface area contributed by atoms with Gasteiger partial charge in [0.05, 0.1) is 11.6 Å². The number of urea groups is 1. The number of amides is 2. The molecule has 2 aromatic rings. The van der Waals surface area contributed by atoms with Crippen LogP contribution in [0.25, 0.3) is 0 Å². The van der Waals surface area contributed by atoms with Crippen LogP contribution in [-0.2, 0) is 19.4 Å². The largest absolute Gasteiger partial charge is 0.333 e. The first-order valence-electron chi connectivity index (χ1n) is 7.21. The fourth-order valence-corrected chi connectivity index (χ4v) is 2.95. The second kappa shape index (κ2) is 7.22. The third kappa shape index (κ3) is 4.04. The van der Waals surface area contributed by atoms with Gasteiger partial charge >= 0.3 is 6.03 Å². The number of hydrogen-bond acceptors (Lipinski definition) is 3. The lowest BCUT2D eigenvalue weighted by atomic mass is 10.0. The molecule has 2 N–H and O–H groups in total. The molecular weight excluding hydrogens is 282 g/mol. The highest BCUT2D eigenvalue weighted by atomic mass is 32.1. The van der Waals surface area contributed by atoms with Gasteiger partial charge in [-0.25, -0.2) is 9.78 Å². The number of thiazole rings is 1. The van der Waals surface area contributed by atoms with E-state index in [4.69, 9.17) is 0 Å². The van der Waals surface area contributed by atoms with Crippen molar-refractivity contribution in [2.24, 2.45) is 0 Å². The Labute approximate surface area is 129 Å². The molecule has 21 heavy (non-hydrogen) atoms. The molecular formula is C16H21N3OS. The monoisotopic (exact) mass is 303 g/mol. The number of aromatic nitrogens is 1. The Balaban J connectivity index is 2.02. The quantitative estimate of drug-likeness (QED) is 0.880. The number of nitrogens with zero attached hydrogens (tertiary/aromatic N) is 1. The third-order valence-electron chi connectivity index (χ3n) is 3.33. The van der Waals surface area contributed by atoms with Crippen LogP contribution < -0.4 is 10.6 Å². The molecule has 0 spiro atoms. The number of nitrogens with one attached hydrogen (secondary N) is 2. The zero-order valence-corrected chi connectivity index (χ0v) is 13.5. The van der Waals surface area contributed by atoms with Crippen molar-refractivity contribution in [3.8, 4) is 0 Å². The molecule has 0 saturated heterocycles. The lowest BCUT2D eigenvalue weighted by molar-refractivity contribution is 0.252. The van der Waals surface area contributed by atoms with Crippen LogP contribution in [0, 0.1) is 6.92 Å². The van der Waals surface area contributed by atoms with Crippen molar-refractivity contribution >= 4 is 23.1 Å². The van der Waals surface area contributed by atoms with Gasteiger partial charge in [-0.2, -0.15) is 0 Å². The van der Waals surface area contributed by atoms with Crippen LogP contribution in [0.4, 0.5) is 10.5 Å². The summed E-state index contributed by atoms with van der Waals surface area (Å²) in [6.07, 6.45) is 3.60.